The minimum Gasteiger partial charge on any atom is -0.410 e. The second-order valence-electron chi connectivity index (χ2n) is 13.7. The molecule has 0 radical (unpaired) electrons. The molecule has 35 heavy (non-hydrogen) atoms. The summed E-state index contributed by atoms with van der Waals surface area (Å²) in [5.74, 6) is 0.694. The van der Waals surface area contributed by atoms with Crippen molar-refractivity contribution < 1.29 is 9.53 Å². The van der Waals surface area contributed by atoms with Crippen LogP contribution in [0.5, 0.6) is 0 Å². The van der Waals surface area contributed by atoms with Gasteiger partial charge in [0, 0.05) is 22.5 Å². The van der Waals surface area contributed by atoms with Crippen molar-refractivity contribution in [2.24, 2.45) is 5.41 Å². The third kappa shape index (κ3) is 5.75. The molecule has 0 bridgehead atoms. The molecule has 2 aromatic rings. The second-order valence-corrected chi connectivity index (χ2v) is 18.4. The van der Waals surface area contributed by atoms with Crippen LogP contribution in [0.3, 0.4) is 0 Å². The molecule has 1 N–H and O–H groups in total. The normalized spacial score (nSPS) is 19.2. The van der Waals surface area contributed by atoms with Gasteiger partial charge in [0.2, 0.25) is 0 Å². The monoisotopic (exact) mass is 495 g/mol. The van der Waals surface area contributed by atoms with Crippen LogP contribution in [0.2, 0.25) is 18.1 Å². The molecule has 1 aromatic carbocycles. The van der Waals surface area contributed by atoms with Crippen LogP contribution < -0.4 is 0 Å². The lowest BCUT2D eigenvalue weighted by molar-refractivity contribution is 0.105. The number of rotatable bonds is 6. The van der Waals surface area contributed by atoms with Crippen molar-refractivity contribution >= 4 is 8.32 Å². The Kier molecular flexibility index (Phi) is 7.83. The van der Waals surface area contributed by atoms with Crippen molar-refractivity contribution in [2.45, 2.75) is 124 Å². The molecule has 1 aliphatic rings. The molecule has 3 rings (SSSR count). The van der Waals surface area contributed by atoms with E-state index in [-0.39, 0.29) is 22.5 Å². The van der Waals surface area contributed by atoms with Crippen molar-refractivity contribution in [3.05, 3.63) is 63.5 Å². The number of pyridine rings is 1. The zero-order chi connectivity index (χ0) is 26.5. The zero-order valence-corrected chi connectivity index (χ0v) is 25.3. The Labute approximate surface area is 215 Å². The Hall–Kier alpha value is -1.49. The van der Waals surface area contributed by atoms with E-state index in [1.165, 1.54) is 16.7 Å². The number of hydrogen-bond donors (Lipinski definition) is 1. The molecule has 0 saturated heterocycles. The number of aromatic nitrogens is 1. The minimum absolute atomic E-state index is 0.0117. The van der Waals surface area contributed by atoms with E-state index < -0.39 is 14.4 Å². The lowest BCUT2D eigenvalue weighted by Gasteiger charge is -2.45. The predicted molar refractivity (Wildman–Crippen MR) is 151 cm³/mol. The number of fused-ring (bicyclic) bond motifs is 1. The molecule has 3 nitrogen and oxygen atoms in total. The highest BCUT2D eigenvalue weighted by molar-refractivity contribution is 6.74. The highest BCUT2D eigenvalue weighted by Gasteiger charge is 2.44. The number of aliphatic hydroxyl groups excluding tert-OH is 1. The molecule has 0 fully saturated rings. The molecule has 194 valence electrons. The molecular formula is C31H49NO2Si. The molecule has 2 atom stereocenters. The van der Waals surface area contributed by atoms with Gasteiger partial charge >= 0.3 is 0 Å². The Bertz CT molecular complexity index is 1050. The first kappa shape index (κ1) is 28.1. The highest BCUT2D eigenvalue weighted by atomic mass is 28.4. The summed E-state index contributed by atoms with van der Waals surface area (Å²) in [6.07, 6.45) is 1.24. The van der Waals surface area contributed by atoms with Gasteiger partial charge in [0.25, 0.3) is 0 Å². The van der Waals surface area contributed by atoms with Crippen LogP contribution in [-0.4, -0.2) is 18.4 Å². The fraction of sp³-hybridized carbons (Fsp3) is 0.645. The molecule has 0 aliphatic heterocycles. The molecule has 1 aliphatic carbocycles. The van der Waals surface area contributed by atoms with Crippen LogP contribution in [0.25, 0.3) is 0 Å². The van der Waals surface area contributed by atoms with Crippen LogP contribution in [0.1, 0.15) is 132 Å². The fourth-order valence-electron chi connectivity index (χ4n) is 5.16. The van der Waals surface area contributed by atoms with E-state index in [4.69, 9.17) is 9.41 Å². The zero-order valence-electron chi connectivity index (χ0n) is 24.3. The third-order valence-corrected chi connectivity index (χ3v) is 12.8. The largest absolute Gasteiger partial charge is 0.410 e. The summed E-state index contributed by atoms with van der Waals surface area (Å²) in [5.41, 5.74) is 7.89. The number of nitrogens with zero attached hydrogens (tertiary/aromatic N) is 1. The van der Waals surface area contributed by atoms with Crippen LogP contribution in [0.15, 0.2) is 24.3 Å². The van der Waals surface area contributed by atoms with E-state index in [9.17, 15) is 5.11 Å². The topological polar surface area (TPSA) is 42.4 Å². The summed E-state index contributed by atoms with van der Waals surface area (Å²) >= 11 is 0. The quantitative estimate of drug-likeness (QED) is 0.407. The lowest BCUT2D eigenvalue weighted by atomic mass is 9.72. The Balaban J connectivity index is 2.18. The van der Waals surface area contributed by atoms with Gasteiger partial charge in [0.05, 0.1) is 6.10 Å². The van der Waals surface area contributed by atoms with E-state index in [1.54, 1.807) is 0 Å². The summed E-state index contributed by atoms with van der Waals surface area (Å²) in [4.78, 5) is 5.28. The van der Waals surface area contributed by atoms with Gasteiger partial charge in [-0.15, -0.1) is 0 Å². The SMILES string of the molecule is Cc1c2c(nc(C(C)C)c1C(O)c1ccc(C(C)C)cc1)CC(C)(C)CC2O[Si](C)(C)C(C)(C)C. The fourth-order valence-corrected chi connectivity index (χ4v) is 6.43. The van der Waals surface area contributed by atoms with Gasteiger partial charge in [0.1, 0.15) is 6.10 Å². The first-order valence-corrected chi connectivity index (χ1v) is 16.3. The molecule has 4 heteroatoms. The van der Waals surface area contributed by atoms with E-state index in [2.05, 4.69) is 107 Å². The predicted octanol–water partition coefficient (Wildman–Crippen LogP) is 8.75. The summed E-state index contributed by atoms with van der Waals surface area (Å²) < 4.78 is 7.09. The van der Waals surface area contributed by atoms with Gasteiger partial charge in [-0.05, 0) is 71.8 Å². The van der Waals surface area contributed by atoms with Crippen molar-refractivity contribution in [1.29, 1.82) is 0 Å². The first-order valence-electron chi connectivity index (χ1n) is 13.4. The van der Waals surface area contributed by atoms with E-state index in [0.717, 1.165) is 35.4 Å². The summed E-state index contributed by atoms with van der Waals surface area (Å²) in [6.45, 7) is 27.2. The summed E-state index contributed by atoms with van der Waals surface area (Å²) in [7, 11) is -2.00. The first-order chi connectivity index (χ1) is 15.9. The molecule has 1 aromatic heterocycles. The summed E-state index contributed by atoms with van der Waals surface area (Å²) in [6, 6.07) is 8.45. The lowest BCUT2D eigenvalue weighted by Crippen LogP contribution is -2.44. The van der Waals surface area contributed by atoms with Crippen molar-refractivity contribution in [3.63, 3.8) is 0 Å². The molecule has 0 spiro atoms. The smallest absolute Gasteiger partial charge is 0.192 e. The van der Waals surface area contributed by atoms with Crippen molar-refractivity contribution in [3.8, 4) is 0 Å². The number of hydrogen-bond acceptors (Lipinski definition) is 3. The van der Waals surface area contributed by atoms with E-state index >= 15 is 0 Å². The maximum atomic E-state index is 11.7. The number of aliphatic hydroxyl groups is 1. The molecular weight excluding hydrogens is 446 g/mol. The number of benzene rings is 1. The van der Waals surface area contributed by atoms with E-state index in [1.807, 2.05) is 0 Å². The average molecular weight is 496 g/mol. The van der Waals surface area contributed by atoms with E-state index in [0.29, 0.717) is 5.92 Å². The Morgan fingerprint density at radius 1 is 1.00 bits per heavy atom. The van der Waals surface area contributed by atoms with Gasteiger partial charge in [-0.25, -0.2) is 0 Å². The highest BCUT2D eigenvalue weighted by Crippen LogP contribution is 2.49. The Morgan fingerprint density at radius 3 is 2.03 bits per heavy atom. The molecule has 0 saturated carbocycles. The van der Waals surface area contributed by atoms with Crippen LogP contribution in [0.4, 0.5) is 0 Å². The average Bonchev–Trinajstić information content (AvgIpc) is 2.70. The van der Waals surface area contributed by atoms with Crippen molar-refractivity contribution in [2.75, 3.05) is 0 Å². The molecule has 2 unspecified atom stereocenters. The van der Waals surface area contributed by atoms with Gasteiger partial charge in [-0.1, -0.05) is 86.6 Å². The maximum Gasteiger partial charge on any atom is 0.192 e. The standard InChI is InChI=1S/C31H49NO2Si/c1-19(2)22-13-15-23(16-14-22)29(33)27-21(5)26-24(32-28(27)20(3)4)17-31(9,10)18-25(26)34-35(11,12)30(6,7)8/h13-16,19-20,25,29,33H,17-18H2,1-12H3. The Morgan fingerprint density at radius 2 is 1.54 bits per heavy atom. The van der Waals surface area contributed by atoms with Gasteiger partial charge < -0.3 is 9.53 Å². The molecule has 0 amide bonds. The summed E-state index contributed by atoms with van der Waals surface area (Å²) in [5, 5.41) is 11.8. The van der Waals surface area contributed by atoms with Crippen molar-refractivity contribution in [1.82, 2.24) is 4.98 Å². The van der Waals surface area contributed by atoms with Crippen LogP contribution in [-0.2, 0) is 10.8 Å². The maximum absolute atomic E-state index is 11.7. The molecule has 1 heterocycles. The van der Waals surface area contributed by atoms with Gasteiger partial charge in [0.15, 0.2) is 8.32 Å². The van der Waals surface area contributed by atoms with Gasteiger partial charge in [-0.3, -0.25) is 4.98 Å². The minimum atomic E-state index is -2.00. The second kappa shape index (κ2) is 9.76. The third-order valence-electron chi connectivity index (χ3n) is 8.34. The van der Waals surface area contributed by atoms with Crippen LogP contribution >= 0.6 is 0 Å². The van der Waals surface area contributed by atoms with Crippen LogP contribution in [0, 0.1) is 12.3 Å². The van der Waals surface area contributed by atoms with Gasteiger partial charge in [-0.2, -0.15) is 0 Å².